The Morgan fingerprint density at radius 1 is 1.09 bits per heavy atom. The van der Waals surface area contributed by atoms with Crippen LogP contribution in [0.1, 0.15) is 77.0 Å². The van der Waals surface area contributed by atoms with Gasteiger partial charge in [-0.1, -0.05) is 44.6 Å². The van der Waals surface area contributed by atoms with Crippen molar-refractivity contribution >= 4 is 12.0 Å². The number of rotatable bonds is 5. The number of nitrogens with zero attached hydrogens (tertiary/aromatic N) is 1. The molecule has 22 heavy (non-hydrogen) atoms. The second-order valence-corrected chi connectivity index (χ2v) is 6.51. The van der Waals surface area contributed by atoms with Crippen LogP contribution in [0, 0.1) is 0 Å². The molecule has 0 saturated heterocycles. The number of hydrogen-bond acceptors (Lipinski definition) is 3. The van der Waals surface area contributed by atoms with Gasteiger partial charge in [-0.15, -0.1) is 6.58 Å². The predicted octanol–water partition coefficient (Wildman–Crippen LogP) is 4.11. The molecule has 0 unspecified atom stereocenters. The summed E-state index contributed by atoms with van der Waals surface area (Å²) in [6, 6.07) is 1.18. The molecule has 0 bridgehead atoms. The lowest BCUT2D eigenvalue weighted by atomic mass is 9.95. The van der Waals surface area contributed by atoms with Gasteiger partial charge in [0.05, 0.1) is 6.04 Å². The van der Waals surface area contributed by atoms with Crippen LogP contribution in [0.3, 0.4) is 0 Å². The molecule has 0 aliphatic heterocycles. The average molecular weight is 306 g/mol. The molecule has 2 saturated carbocycles. The Hall–Kier alpha value is -1.32. The summed E-state index contributed by atoms with van der Waals surface area (Å²) in [6.45, 7) is 3.65. The predicted molar refractivity (Wildman–Crippen MR) is 89.8 cm³/mol. The zero-order valence-electron chi connectivity index (χ0n) is 13.7. The molecule has 0 aromatic carbocycles. The molecule has 0 heterocycles. The Morgan fingerprint density at radius 2 is 1.73 bits per heavy atom. The average Bonchev–Trinajstić information content (AvgIpc) is 2.55. The molecule has 0 radical (unpaired) electrons. The molecule has 2 fully saturated rings. The maximum atomic E-state index is 11.9. The summed E-state index contributed by atoms with van der Waals surface area (Å²) in [7, 11) is 0. The fourth-order valence-corrected chi connectivity index (χ4v) is 3.27. The summed E-state index contributed by atoms with van der Waals surface area (Å²) in [5.74, 6) is -0.210. The lowest BCUT2D eigenvalue weighted by Crippen LogP contribution is -2.39. The molecule has 0 atom stereocenters. The quantitative estimate of drug-likeness (QED) is 0.360. The van der Waals surface area contributed by atoms with Crippen LogP contribution in [0.5, 0.6) is 0 Å². The number of carbonyl (C=O) groups is 1. The third-order valence-electron chi connectivity index (χ3n) is 4.57. The van der Waals surface area contributed by atoms with E-state index in [2.05, 4.69) is 11.9 Å². The van der Waals surface area contributed by atoms with Crippen LogP contribution >= 0.6 is 0 Å². The number of nitrogens with one attached hydrogen (secondary N) is 1. The van der Waals surface area contributed by atoms with Crippen molar-refractivity contribution in [1.82, 2.24) is 5.32 Å². The molecular weight excluding hydrogens is 276 g/mol. The topological polar surface area (TPSA) is 50.7 Å². The van der Waals surface area contributed by atoms with Crippen LogP contribution in [0.15, 0.2) is 17.6 Å². The SMILES string of the molecule is C=CCCC(=O)OC(=NC1CCCCC1)NC1CCCCC1. The maximum Gasteiger partial charge on any atom is 0.313 e. The Morgan fingerprint density at radius 3 is 2.36 bits per heavy atom. The second-order valence-electron chi connectivity index (χ2n) is 6.51. The summed E-state index contributed by atoms with van der Waals surface area (Å²) in [4.78, 5) is 16.6. The minimum absolute atomic E-state index is 0.210. The first-order chi connectivity index (χ1) is 10.8. The van der Waals surface area contributed by atoms with Gasteiger partial charge in [0.1, 0.15) is 0 Å². The van der Waals surface area contributed by atoms with E-state index in [0.717, 1.165) is 25.7 Å². The highest BCUT2D eigenvalue weighted by atomic mass is 16.6. The number of carbonyl (C=O) groups excluding carboxylic acids is 1. The monoisotopic (exact) mass is 306 g/mol. The highest BCUT2D eigenvalue weighted by molar-refractivity contribution is 5.87. The molecule has 2 aliphatic carbocycles. The van der Waals surface area contributed by atoms with Crippen LogP contribution in [-0.2, 0) is 9.53 Å². The molecule has 124 valence electrons. The second kappa shape index (κ2) is 9.65. The fourth-order valence-electron chi connectivity index (χ4n) is 3.27. The summed E-state index contributed by atoms with van der Waals surface area (Å²) in [5.41, 5.74) is 0. The summed E-state index contributed by atoms with van der Waals surface area (Å²) in [5, 5.41) is 3.39. The third-order valence-corrected chi connectivity index (χ3v) is 4.57. The molecule has 2 aliphatic rings. The minimum Gasteiger partial charge on any atom is -0.393 e. The lowest BCUT2D eigenvalue weighted by molar-refractivity contribution is -0.135. The van der Waals surface area contributed by atoms with Crippen molar-refractivity contribution < 1.29 is 9.53 Å². The van der Waals surface area contributed by atoms with Crippen LogP contribution in [0.4, 0.5) is 0 Å². The van der Waals surface area contributed by atoms with E-state index in [9.17, 15) is 4.79 Å². The van der Waals surface area contributed by atoms with Crippen molar-refractivity contribution in [2.45, 2.75) is 89.1 Å². The van der Waals surface area contributed by atoms with Gasteiger partial charge in [-0.25, -0.2) is 4.99 Å². The first-order valence-electron chi connectivity index (χ1n) is 8.94. The molecular formula is C18H30N2O2. The van der Waals surface area contributed by atoms with Gasteiger partial charge in [-0.3, -0.25) is 4.79 Å². The highest BCUT2D eigenvalue weighted by Gasteiger charge is 2.20. The van der Waals surface area contributed by atoms with E-state index in [4.69, 9.17) is 9.73 Å². The standard InChI is InChI=1S/C18H30N2O2/c1-2-3-14-17(21)22-18(19-15-10-6-4-7-11-15)20-16-12-8-5-9-13-16/h2,15-16H,1,3-14H2,(H,19,20). The number of amidine groups is 1. The summed E-state index contributed by atoms with van der Waals surface area (Å²) in [6.07, 6.45) is 14.9. The number of allylic oxidation sites excluding steroid dienone is 1. The number of aliphatic imine (C=N–C) groups is 1. The number of esters is 1. The largest absolute Gasteiger partial charge is 0.393 e. The fraction of sp³-hybridized carbons (Fsp3) is 0.778. The van der Waals surface area contributed by atoms with Gasteiger partial charge < -0.3 is 10.1 Å². The van der Waals surface area contributed by atoms with Crippen LogP contribution in [0.25, 0.3) is 0 Å². The molecule has 0 aromatic heterocycles. The molecule has 0 aromatic rings. The number of hydrogen-bond donors (Lipinski definition) is 1. The van der Waals surface area contributed by atoms with E-state index in [0.29, 0.717) is 30.9 Å². The van der Waals surface area contributed by atoms with Gasteiger partial charge in [0.2, 0.25) is 0 Å². The van der Waals surface area contributed by atoms with Crippen molar-refractivity contribution in [2.24, 2.45) is 4.99 Å². The van der Waals surface area contributed by atoms with Crippen molar-refractivity contribution in [3.8, 4) is 0 Å². The van der Waals surface area contributed by atoms with Gasteiger partial charge in [0, 0.05) is 12.5 Å². The Kier molecular flexibility index (Phi) is 7.47. The van der Waals surface area contributed by atoms with E-state index in [1.807, 2.05) is 0 Å². The smallest absolute Gasteiger partial charge is 0.313 e. The van der Waals surface area contributed by atoms with Crippen molar-refractivity contribution in [3.05, 3.63) is 12.7 Å². The zero-order valence-corrected chi connectivity index (χ0v) is 13.7. The first kappa shape index (κ1) is 17.0. The molecule has 2 rings (SSSR count). The maximum absolute atomic E-state index is 11.9. The third kappa shape index (κ3) is 6.20. The van der Waals surface area contributed by atoms with Gasteiger partial charge in [0.25, 0.3) is 6.02 Å². The van der Waals surface area contributed by atoms with E-state index < -0.39 is 0 Å². The molecule has 4 nitrogen and oxygen atoms in total. The van der Waals surface area contributed by atoms with E-state index >= 15 is 0 Å². The number of ether oxygens (including phenoxy) is 1. The van der Waals surface area contributed by atoms with Crippen molar-refractivity contribution in [2.75, 3.05) is 0 Å². The van der Waals surface area contributed by atoms with E-state index in [1.165, 1.54) is 38.5 Å². The Bertz CT molecular complexity index is 381. The van der Waals surface area contributed by atoms with Gasteiger partial charge in [-0.2, -0.15) is 0 Å². The Labute approximate surface area is 134 Å². The molecule has 1 N–H and O–H groups in total. The van der Waals surface area contributed by atoms with Crippen LogP contribution < -0.4 is 5.32 Å². The van der Waals surface area contributed by atoms with Crippen molar-refractivity contribution in [1.29, 1.82) is 0 Å². The Balaban J connectivity index is 1.93. The summed E-state index contributed by atoms with van der Waals surface area (Å²) >= 11 is 0. The van der Waals surface area contributed by atoms with Gasteiger partial charge in [-0.05, 0) is 32.1 Å². The summed E-state index contributed by atoms with van der Waals surface area (Å²) < 4.78 is 5.51. The van der Waals surface area contributed by atoms with Gasteiger partial charge >= 0.3 is 5.97 Å². The molecule has 0 amide bonds. The molecule has 0 spiro atoms. The van der Waals surface area contributed by atoms with E-state index in [1.54, 1.807) is 6.08 Å². The zero-order chi connectivity index (χ0) is 15.6. The lowest BCUT2D eigenvalue weighted by Gasteiger charge is -2.25. The first-order valence-corrected chi connectivity index (χ1v) is 8.94. The van der Waals surface area contributed by atoms with E-state index in [-0.39, 0.29) is 5.97 Å². The normalized spacial score (nSPS) is 21.4. The van der Waals surface area contributed by atoms with Crippen LogP contribution in [0.2, 0.25) is 0 Å². The van der Waals surface area contributed by atoms with Crippen molar-refractivity contribution in [3.63, 3.8) is 0 Å². The minimum atomic E-state index is -0.210. The highest BCUT2D eigenvalue weighted by Crippen LogP contribution is 2.21. The molecule has 4 heteroatoms. The van der Waals surface area contributed by atoms with Crippen LogP contribution in [-0.4, -0.2) is 24.1 Å². The van der Waals surface area contributed by atoms with Gasteiger partial charge in [0.15, 0.2) is 0 Å².